The first-order valence-electron chi connectivity index (χ1n) is 12.2. The predicted molar refractivity (Wildman–Crippen MR) is 139 cm³/mol. The first-order valence-corrected chi connectivity index (χ1v) is 12.2. The Hall–Kier alpha value is -4.46. The van der Waals surface area contributed by atoms with E-state index in [1.165, 1.54) is 12.3 Å². The van der Waals surface area contributed by atoms with Gasteiger partial charge in [0.2, 0.25) is 11.6 Å². The third-order valence-corrected chi connectivity index (χ3v) is 6.82. The van der Waals surface area contributed by atoms with E-state index in [1.807, 2.05) is 30.0 Å². The Balaban J connectivity index is 1.40. The van der Waals surface area contributed by atoms with Crippen molar-refractivity contribution in [2.75, 3.05) is 18.4 Å². The van der Waals surface area contributed by atoms with Gasteiger partial charge in [-0.05, 0) is 49.2 Å². The average molecular weight is 496 g/mol. The van der Waals surface area contributed by atoms with Gasteiger partial charge in [-0.2, -0.15) is 16.1 Å². The van der Waals surface area contributed by atoms with Crippen molar-refractivity contribution in [3.05, 3.63) is 83.1 Å². The number of carbonyl (C=O) groups is 2. The maximum Gasteiger partial charge on any atom is 0.264 e. The van der Waals surface area contributed by atoms with Gasteiger partial charge in [-0.25, -0.2) is 4.98 Å². The van der Waals surface area contributed by atoms with Crippen molar-refractivity contribution in [3.8, 4) is 6.07 Å². The lowest BCUT2D eigenvalue weighted by Gasteiger charge is -2.32. The highest BCUT2D eigenvalue weighted by molar-refractivity contribution is 6.05. The highest BCUT2D eigenvalue weighted by Gasteiger charge is 2.46. The molecule has 10 heteroatoms. The van der Waals surface area contributed by atoms with E-state index in [9.17, 15) is 9.59 Å². The number of hydrogen-bond acceptors (Lipinski definition) is 7. The van der Waals surface area contributed by atoms with Crippen molar-refractivity contribution in [1.29, 1.82) is 5.26 Å². The SMILES string of the molecule is CCC(=O)N1CCCC(C2=C3C=NC=C[N+]3(N)C(c3ccc(C(=O)Nc4cc(C#N)ccn4)cc3)=N2)C1. The fourth-order valence-corrected chi connectivity index (χ4v) is 4.88. The largest absolute Gasteiger partial charge is 0.342 e. The molecule has 186 valence electrons. The number of rotatable bonds is 5. The molecule has 3 N–H and O–H groups in total. The van der Waals surface area contributed by atoms with Gasteiger partial charge in [0.1, 0.15) is 17.7 Å². The van der Waals surface area contributed by atoms with Crippen LogP contribution in [0.3, 0.4) is 0 Å². The van der Waals surface area contributed by atoms with Crippen molar-refractivity contribution >= 4 is 29.7 Å². The zero-order valence-corrected chi connectivity index (χ0v) is 20.5. The highest BCUT2D eigenvalue weighted by Crippen LogP contribution is 2.37. The number of nitriles is 1. The average Bonchev–Trinajstić information content (AvgIpc) is 3.25. The number of carbonyl (C=O) groups excluding carboxylic acids is 2. The molecule has 0 spiro atoms. The molecule has 0 bridgehead atoms. The number of piperidine rings is 1. The first kappa shape index (κ1) is 24.2. The van der Waals surface area contributed by atoms with Crippen LogP contribution in [0.2, 0.25) is 0 Å². The number of nitrogens with one attached hydrogen (secondary N) is 1. The molecule has 2 atom stereocenters. The smallest absolute Gasteiger partial charge is 0.264 e. The molecule has 0 aliphatic carbocycles. The summed E-state index contributed by atoms with van der Waals surface area (Å²) in [6.45, 7) is 3.25. The van der Waals surface area contributed by atoms with Crippen molar-refractivity contribution in [1.82, 2.24) is 9.88 Å². The lowest BCUT2D eigenvalue weighted by Crippen LogP contribution is -2.53. The normalized spacial score (nSPS) is 22.4. The molecule has 10 nitrogen and oxygen atoms in total. The number of pyridine rings is 1. The van der Waals surface area contributed by atoms with Gasteiger partial charge in [-0.1, -0.05) is 6.92 Å². The van der Waals surface area contributed by atoms with Crippen molar-refractivity contribution < 1.29 is 14.2 Å². The first-order chi connectivity index (χ1) is 17.9. The lowest BCUT2D eigenvalue weighted by molar-refractivity contribution is -0.750. The Morgan fingerprint density at radius 2 is 2.08 bits per heavy atom. The van der Waals surface area contributed by atoms with E-state index in [0.29, 0.717) is 35.7 Å². The molecular weight excluding hydrogens is 468 g/mol. The van der Waals surface area contributed by atoms with E-state index in [0.717, 1.165) is 36.3 Å². The maximum atomic E-state index is 12.7. The molecule has 3 aliphatic rings. The van der Waals surface area contributed by atoms with E-state index in [4.69, 9.17) is 16.1 Å². The lowest BCUT2D eigenvalue weighted by atomic mass is 9.93. The van der Waals surface area contributed by atoms with E-state index in [1.54, 1.807) is 36.8 Å². The Morgan fingerprint density at radius 3 is 2.84 bits per heavy atom. The maximum absolute atomic E-state index is 12.7. The van der Waals surface area contributed by atoms with Crippen LogP contribution in [-0.2, 0) is 4.79 Å². The Kier molecular flexibility index (Phi) is 6.48. The van der Waals surface area contributed by atoms with E-state index in [-0.39, 0.29) is 22.3 Å². The molecule has 0 saturated carbocycles. The van der Waals surface area contributed by atoms with Gasteiger partial charge in [-0.15, -0.1) is 4.59 Å². The van der Waals surface area contributed by atoms with Crippen molar-refractivity contribution in [2.45, 2.75) is 26.2 Å². The fraction of sp³-hybridized carbons (Fsp3) is 0.259. The second-order valence-corrected chi connectivity index (χ2v) is 9.16. The molecule has 2 aromatic rings. The number of hydrogen-bond donors (Lipinski definition) is 2. The minimum atomic E-state index is -0.341. The van der Waals surface area contributed by atoms with Crippen LogP contribution in [0, 0.1) is 17.2 Å². The summed E-state index contributed by atoms with van der Waals surface area (Å²) < 4.78 is -0.118. The minimum Gasteiger partial charge on any atom is -0.342 e. The summed E-state index contributed by atoms with van der Waals surface area (Å²) in [5, 5.41) is 11.8. The minimum absolute atomic E-state index is 0.0671. The van der Waals surface area contributed by atoms with Gasteiger partial charge in [0.15, 0.2) is 0 Å². The van der Waals surface area contributed by atoms with Crippen molar-refractivity contribution in [2.24, 2.45) is 21.7 Å². The highest BCUT2D eigenvalue weighted by atomic mass is 16.2. The molecule has 4 heterocycles. The summed E-state index contributed by atoms with van der Waals surface area (Å²) in [5.74, 6) is 7.66. The zero-order valence-electron chi connectivity index (χ0n) is 20.5. The van der Waals surface area contributed by atoms with Crippen molar-refractivity contribution in [3.63, 3.8) is 0 Å². The molecule has 2 unspecified atom stereocenters. The monoisotopic (exact) mass is 495 g/mol. The van der Waals surface area contributed by atoms with E-state index >= 15 is 0 Å². The standard InChI is InChI=1S/C27H26N8O2/c1-2-24(36)34-12-3-4-21(17-34)25-22-16-30-11-13-35(22,29)26(33-25)19-5-7-20(8-6-19)27(37)32-23-14-18(15-28)9-10-31-23/h5-11,13-14,16,21H,2-4,12,17,29H2,1H3/p+1. The Morgan fingerprint density at radius 1 is 1.27 bits per heavy atom. The van der Waals surface area contributed by atoms with Crippen LogP contribution in [0.5, 0.6) is 0 Å². The fourth-order valence-electron chi connectivity index (χ4n) is 4.88. The van der Waals surface area contributed by atoms with E-state index < -0.39 is 0 Å². The molecule has 1 aromatic heterocycles. The Labute approximate surface area is 214 Å². The molecule has 2 amide bonds. The van der Waals surface area contributed by atoms with Gasteiger partial charge in [0.05, 0.1) is 29.6 Å². The third-order valence-electron chi connectivity index (χ3n) is 6.82. The summed E-state index contributed by atoms with van der Waals surface area (Å²) in [7, 11) is 0. The number of aliphatic imine (C=N–C) groups is 2. The number of anilines is 1. The summed E-state index contributed by atoms with van der Waals surface area (Å²) >= 11 is 0. The van der Waals surface area contributed by atoms with Crippen LogP contribution in [0.1, 0.15) is 47.7 Å². The molecule has 3 aliphatic heterocycles. The predicted octanol–water partition coefficient (Wildman–Crippen LogP) is 3.07. The summed E-state index contributed by atoms with van der Waals surface area (Å²) in [4.78, 5) is 40.4. The summed E-state index contributed by atoms with van der Waals surface area (Å²) in [6, 6.07) is 12.1. The quantitative estimate of drug-likeness (QED) is 0.485. The molecule has 1 fully saturated rings. The number of amidine groups is 1. The number of benzene rings is 1. The van der Waals surface area contributed by atoms with Crippen LogP contribution in [0.15, 0.2) is 76.4 Å². The molecule has 1 saturated heterocycles. The Bertz CT molecular complexity index is 1420. The second kappa shape index (κ2) is 9.89. The number of amides is 2. The van der Waals surface area contributed by atoms with Crippen LogP contribution in [0.4, 0.5) is 5.82 Å². The van der Waals surface area contributed by atoms with Gasteiger partial charge in [-0.3, -0.25) is 14.6 Å². The number of allylic oxidation sites excluding steroid dienone is 1. The molecule has 0 radical (unpaired) electrons. The van der Waals surface area contributed by atoms with Gasteiger partial charge in [0.25, 0.3) is 11.7 Å². The summed E-state index contributed by atoms with van der Waals surface area (Å²) in [6.07, 6.45) is 8.96. The molecular formula is C27H27N8O2+. The van der Waals surface area contributed by atoms with Crippen LogP contribution in [-0.4, -0.2) is 51.4 Å². The molecule has 5 rings (SSSR count). The number of fused-ring (bicyclic) bond motifs is 1. The number of likely N-dealkylation sites (tertiary alicyclic amines) is 1. The van der Waals surface area contributed by atoms with Gasteiger partial charge >= 0.3 is 0 Å². The number of quaternary nitrogens is 1. The number of nitrogens with two attached hydrogens (primary N) is 1. The van der Waals surface area contributed by atoms with E-state index in [2.05, 4.69) is 15.3 Å². The van der Waals surface area contributed by atoms with Crippen LogP contribution < -0.4 is 11.2 Å². The second-order valence-electron chi connectivity index (χ2n) is 9.16. The summed E-state index contributed by atoms with van der Waals surface area (Å²) in [5.41, 5.74) is 3.26. The number of nitrogens with zero attached hydrogens (tertiary/aromatic N) is 6. The van der Waals surface area contributed by atoms with Crippen LogP contribution >= 0.6 is 0 Å². The number of aromatic nitrogens is 1. The zero-order chi connectivity index (χ0) is 26.0. The topological polar surface area (TPSA) is 137 Å². The third kappa shape index (κ3) is 4.58. The van der Waals surface area contributed by atoms with Crippen LogP contribution in [0.25, 0.3) is 0 Å². The molecule has 1 aromatic carbocycles. The van der Waals surface area contributed by atoms with Gasteiger partial charge < -0.3 is 10.2 Å². The van der Waals surface area contributed by atoms with Gasteiger partial charge in [0, 0.05) is 37.2 Å². The molecule has 37 heavy (non-hydrogen) atoms.